The molecule has 3 amide bonds. The lowest BCUT2D eigenvalue weighted by atomic mass is 9.85. The molecule has 2 aromatic heterocycles. The summed E-state index contributed by atoms with van der Waals surface area (Å²) in [4.78, 5) is 65.5. The molecule has 3 aromatic rings. The van der Waals surface area contributed by atoms with Crippen molar-refractivity contribution in [2.75, 3.05) is 11.9 Å². The number of carboxylic acids is 1. The first kappa shape index (κ1) is 38.6. The van der Waals surface area contributed by atoms with Crippen LogP contribution in [0.1, 0.15) is 90.5 Å². The fourth-order valence-corrected chi connectivity index (χ4v) is 9.02. The lowest BCUT2D eigenvalue weighted by Crippen LogP contribution is -2.59. The number of pyridine rings is 1. The van der Waals surface area contributed by atoms with Crippen LogP contribution in [0.3, 0.4) is 0 Å². The Morgan fingerprint density at radius 2 is 1.76 bits per heavy atom. The van der Waals surface area contributed by atoms with Gasteiger partial charge in [0.1, 0.15) is 41.3 Å². The molecule has 5 atom stereocenters. The van der Waals surface area contributed by atoms with Crippen LogP contribution in [-0.2, 0) is 19.1 Å². The summed E-state index contributed by atoms with van der Waals surface area (Å²) in [7, 11) is 0. The zero-order chi connectivity index (χ0) is 39.1. The molecular formula is C41H52N6O7S. The first-order chi connectivity index (χ1) is 26.2. The molecular weight excluding hydrogens is 721 g/mol. The van der Waals surface area contributed by atoms with E-state index in [2.05, 4.69) is 22.5 Å². The minimum atomic E-state index is -1.49. The van der Waals surface area contributed by atoms with Gasteiger partial charge in [-0.2, -0.15) is 0 Å². The molecule has 3 saturated carbocycles. The van der Waals surface area contributed by atoms with E-state index in [-0.39, 0.29) is 25.5 Å². The van der Waals surface area contributed by atoms with Crippen molar-refractivity contribution >= 4 is 51.2 Å². The summed E-state index contributed by atoms with van der Waals surface area (Å²) < 4.78 is 12.4. The van der Waals surface area contributed by atoms with E-state index in [4.69, 9.17) is 19.4 Å². The van der Waals surface area contributed by atoms with E-state index in [9.17, 15) is 24.3 Å². The molecule has 7 rings (SSSR count). The molecule has 0 spiro atoms. The average Bonchev–Trinajstić information content (AvgIpc) is 3.77. The molecule has 4 aliphatic rings. The number of hydrogen-bond donors (Lipinski definition) is 4. The Morgan fingerprint density at radius 3 is 2.44 bits per heavy atom. The molecule has 14 heteroatoms. The number of hydrogen-bond acceptors (Lipinski definition) is 10. The lowest BCUT2D eigenvalue weighted by molar-refractivity contribution is -0.146. The number of benzene rings is 1. The van der Waals surface area contributed by atoms with E-state index in [1.54, 1.807) is 0 Å². The number of aliphatic carboxylic acids is 1. The van der Waals surface area contributed by atoms with Gasteiger partial charge < -0.3 is 35.4 Å². The highest BCUT2D eigenvalue weighted by Crippen LogP contribution is 2.45. The second-order valence-corrected chi connectivity index (χ2v) is 17.6. The number of fused-ring (bicyclic) bond motifs is 1. The molecule has 0 bridgehead atoms. The van der Waals surface area contributed by atoms with Gasteiger partial charge in [0.05, 0.1) is 17.8 Å². The number of carbonyl (C=O) groups is 4. The van der Waals surface area contributed by atoms with E-state index < -0.39 is 58.9 Å². The predicted octanol–water partition coefficient (Wildman–Crippen LogP) is 6.60. The van der Waals surface area contributed by atoms with Crippen LogP contribution in [0.25, 0.3) is 22.3 Å². The average molecular weight is 773 g/mol. The third-order valence-corrected chi connectivity index (χ3v) is 12.3. The van der Waals surface area contributed by atoms with Crippen LogP contribution in [-0.4, -0.2) is 86.3 Å². The van der Waals surface area contributed by atoms with Crippen molar-refractivity contribution in [2.45, 2.75) is 128 Å². The van der Waals surface area contributed by atoms with Crippen LogP contribution >= 0.6 is 11.3 Å². The van der Waals surface area contributed by atoms with E-state index in [0.717, 1.165) is 60.1 Å². The quantitative estimate of drug-likeness (QED) is 0.147. The Bertz CT molecular complexity index is 1970. The minimum absolute atomic E-state index is 0.0188. The molecule has 55 heavy (non-hydrogen) atoms. The van der Waals surface area contributed by atoms with Gasteiger partial charge in [0.25, 0.3) is 0 Å². The maximum atomic E-state index is 14.6. The molecule has 3 aliphatic carbocycles. The Kier molecular flexibility index (Phi) is 10.8. The van der Waals surface area contributed by atoms with Crippen molar-refractivity contribution in [1.82, 2.24) is 25.5 Å². The highest BCUT2D eigenvalue weighted by atomic mass is 32.1. The summed E-state index contributed by atoms with van der Waals surface area (Å²) >= 11 is 1.54. The van der Waals surface area contributed by atoms with Crippen LogP contribution in [0.5, 0.6) is 5.75 Å². The molecule has 1 saturated heterocycles. The van der Waals surface area contributed by atoms with Gasteiger partial charge >= 0.3 is 12.1 Å². The predicted molar refractivity (Wildman–Crippen MR) is 210 cm³/mol. The number of likely N-dealkylation sites (tertiary alicyclic amines) is 1. The van der Waals surface area contributed by atoms with Gasteiger partial charge in [-0.1, -0.05) is 45.8 Å². The normalized spacial score (nSPS) is 24.7. The first-order valence-corrected chi connectivity index (χ1v) is 20.4. The molecule has 4 fully saturated rings. The summed E-state index contributed by atoms with van der Waals surface area (Å²) in [5, 5.41) is 22.8. The molecule has 0 radical (unpaired) electrons. The Hall–Kier alpha value is -4.72. The second-order valence-electron chi connectivity index (χ2n) is 16.7. The monoisotopic (exact) mass is 772 g/mol. The number of nitrogens with zero attached hydrogens (tertiary/aromatic N) is 3. The smallest absolute Gasteiger partial charge is 0.408 e. The van der Waals surface area contributed by atoms with Crippen molar-refractivity contribution in [3.05, 3.63) is 47.9 Å². The van der Waals surface area contributed by atoms with Gasteiger partial charge in [0.15, 0.2) is 5.13 Å². The Labute approximate surface area is 325 Å². The van der Waals surface area contributed by atoms with Gasteiger partial charge in [-0.3, -0.25) is 9.59 Å². The second kappa shape index (κ2) is 15.4. The fourth-order valence-electron chi connectivity index (χ4n) is 8.23. The number of aromatic nitrogens is 2. The molecule has 0 unspecified atom stereocenters. The van der Waals surface area contributed by atoms with Crippen LogP contribution in [0.2, 0.25) is 0 Å². The summed E-state index contributed by atoms with van der Waals surface area (Å²) in [5.74, 6) is -2.16. The van der Waals surface area contributed by atoms with Crippen molar-refractivity contribution in [1.29, 1.82) is 0 Å². The van der Waals surface area contributed by atoms with Crippen molar-refractivity contribution in [3.63, 3.8) is 0 Å². The van der Waals surface area contributed by atoms with Crippen molar-refractivity contribution in [3.8, 4) is 17.1 Å². The summed E-state index contributed by atoms with van der Waals surface area (Å²) in [6.07, 6.45) is 8.47. The zero-order valence-electron chi connectivity index (χ0n) is 32.1. The van der Waals surface area contributed by atoms with Crippen molar-refractivity contribution in [2.24, 2.45) is 11.3 Å². The third kappa shape index (κ3) is 8.29. The SMILES string of the molecule is C=C[C@@H]1C[C@]1(NC(=O)[C@@H]1C[C@@H](Oc2cc(-c3csc(NC4CCCC4)n3)nc3cc(C)ccc23)CN1C(=O)[C@@H](NC(=O)OC1CCCC1)C(C)(C)C)C(=O)O. The summed E-state index contributed by atoms with van der Waals surface area (Å²) in [5.41, 5.74) is 0.836. The van der Waals surface area contributed by atoms with Crippen LogP contribution < -0.4 is 20.7 Å². The maximum absolute atomic E-state index is 14.6. The third-order valence-electron chi connectivity index (χ3n) is 11.5. The van der Waals surface area contributed by atoms with Gasteiger partial charge in [-0.15, -0.1) is 17.9 Å². The van der Waals surface area contributed by atoms with E-state index in [1.807, 2.05) is 57.3 Å². The van der Waals surface area contributed by atoms with Gasteiger partial charge in [0, 0.05) is 35.2 Å². The molecule has 4 N–H and O–H groups in total. The van der Waals surface area contributed by atoms with Gasteiger partial charge in [0.2, 0.25) is 11.8 Å². The lowest BCUT2D eigenvalue weighted by Gasteiger charge is -2.35. The van der Waals surface area contributed by atoms with E-state index in [1.165, 1.54) is 35.2 Å². The molecule has 1 aliphatic heterocycles. The van der Waals surface area contributed by atoms with Crippen LogP contribution in [0.15, 0.2) is 42.3 Å². The zero-order valence-corrected chi connectivity index (χ0v) is 32.9. The number of thiazole rings is 1. The topological polar surface area (TPSA) is 172 Å². The van der Waals surface area contributed by atoms with Gasteiger partial charge in [-0.25, -0.2) is 19.6 Å². The number of anilines is 1. The highest BCUT2D eigenvalue weighted by Gasteiger charge is 2.61. The minimum Gasteiger partial charge on any atom is -0.488 e. The standard InChI is InChI=1S/C41H52N6O7S/c1-6-24-20-41(24,37(50)51)46-35(48)32-18-27(21-47(32)36(49)34(40(3,4)5)45-39(52)54-26-13-9-10-14-26)53-33-19-30(43-29-17-23(2)15-16-28(29)33)31-22-55-38(44-31)42-25-11-7-8-12-25/h6,15-17,19,22,24-27,32,34H,1,7-14,18,20-21H2,2-5H3,(H,42,44)(H,45,52)(H,46,48)(H,50,51)/t24-,27-,32+,34-,41-/m1/s1. The van der Waals surface area contributed by atoms with Gasteiger partial charge in [-0.05, 0) is 75.0 Å². The number of carboxylic acid groups (broad SMARTS) is 1. The number of ether oxygens (including phenoxy) is 2. The molecule has 13 nitrogen and oxygen atoms in total. The largest absolute Gasteiger partial charge is 0.488 e. The number of carbonyl (C=O) groups excluding carboxylic acids is 3. The first-order valence-electron chi connectivity index (χ1n) is 19.5. The molecule has 1 aromatic carbocycles. The maximum Gasteiger partial charge on any atom is 0.408 e. The fraction of sp³-hybridized carbons (Fsp3) is 0.561. The van der Waals surface area contributed by atoms with Crippen molar-refractivity contribution < 1.29 is 33.8 Å². The molecule has 294 valence electrons. The number of alkyl carbamates (subject to hydrolysis) is 1. The number of aryl methyl sites for hydroxylation is 1. The number of amides is 3. The van der Waals surface area contributed by atoms with Crippen LogP contribution in [0, 0.1) is 18.3 Å². The van der Waals surface area contributed by atoms with E-state index in [0.29, 0.717) is 23.2 Å². The number of rotatable bonds is 12. The van der Waals surface area contributed by atoms with E-state index >= 15 is 0 Å². The van der Waals surface area contributed by atoms with Crippen LogP contribution in [0.4, 0.5) is 9.93 Å². The molecule has 3 heterocycles. The highest BCUT2D eigenvalue weighted by molar-refractivity contribution is 7.14. The number of nitrogens with one attached hydrogen (secondary N) is 3. The summed E-state index contributed by atoms with van der Waals surface area (Å²) in [6, 6.07) is 6.06. The summed E-state index contributed by atoms with van der Waals surface area (Å²) in [6.45, 7) is 11.3. The Morgan fingerprint density at radius 1 is 1.04 bits per heavy atom. The Balaban J connectivity index is 1.18.